The molecule has 1 aromatic heterocycles. The van der Waals surface area contributed by atoms with Gasteiger partial charge in [-0.1, -0.05) is 35.5 Å². The molecule has 1 saturated heterocycles. The van der Waals surface area contributed by atoms with Crippen LogP contribution in [0.3, 0.4) is 0 Å². The van der Waals surface area contributed by atoms with E-state index < -0.39 is 0 Å². The van der Waals surface area contributed by atoms with Crippen molar-refractivity contribution >= 4 is 11.9 Å². The van der Waals surface area contributed by atoms with Gasteiger partial charge in [-0.2, -0.15) is 0 Å². The number of nitrogens with zero attached hydrogens (tertiary/aromatic N) is 2. The summed E-state index contributed by atoms with van der Waals surface area (Å²) >= 11 is 0. The molecule has 3 rings (SSSR count). The zero-order valence-electron chi connectivity index (χ0n) is 16.7. The van der Waals surface area contributed by atoms with E-state index in [-0.39, 0.29) is 23.2 Å². The van der Waals surface area contributed by atoms with Gasteiger partial charge in [0.25, 0.3) is 5.91 Å². The van der Waals surface area contributed by atoms with Crippen molar-refractivity contribution in [2.24, 2.45) is 5.92 Å². The largest absolute Gasteiger partial charge is 0.355 e. The second kappa shape index (κ2) is 8.46. The van der Waals surface area contributed by atoms with Gasteiger partial charge < -0.3 is 20.1 Å². The van der Waals surface area contributed by atoms with E-state index in [2.05, 4.69) is 15.8 Å². The van der Waals surface area contributed by atoms with Gasteiger partial charge >= 0.3 is 6.03 Å². The van der Waals surface area contributed by atoms with Crippen LogP contribution in [0.1, 0.15) is 44.1 Å². The summed E-state index contributed by atoms with van der Waals surface area (Å²) in [7, 11) is 0. The molecule has 0 radical (unpaired) electrons. The number of hydrogen-bond donors (Lipinski definition) is 2. The Kier molecular flexibility index (Phi) is 6.02. The van der Waals surface area contributed by atoms with Crippen molar-refractivity contribution in [1.29, 1.82) is 0 Å². The van der Waals surface area contributed by atoms with Crippen LogP contribution in [0.4, 0.5) is 4.79 Å². The van der Waals surface area contributed by atoms with Crippen LogP contribution in [0.5, 0.6) is 0 Å². The van der Waals surface area contributed by atoms with Crippen molar-refractivity contribution in [2.75, 3.05) is 19.6 Å². The molecule has 2 aromatic rings. The predicted molar refractivity (Wildman–Crippen MR) is 107 cm³/mol. The van der Waals surface area contributed by atoms with Gasteiger partial charge in [0, 0.05) is 36.8 Å². The normalized spacial score (nSPS) is 15.3. The van der Waals surface area contributed by atoms with E-state index in [4.69, 9.17) is 4.52 Å². The summed E-state index contributed by atoms with van der Waals surface area (Å²) in [5, 5.41) is 9.80. The topological polar surface area (TPSA) is 87.5 Å². The Bertz CT molecular complexity index is 803. The van der Waals surface area contributed by atoms with Gasteiger partial charge in [-0.25, -0.2) is 4.79 Å². The summed E-state index contributed by atoms with van der Waals surface area (Å²) in [6.07, 6.45) is 1.73. The smallest absolute Gasteiger partial charge is 0.317 e. The number of carbonyl (C=O) groups excluding carboxylic acids is 2. The third-order valence-electron chi connectivity index (χ3n) is 4.74. The molecular weight excluding hydrogens is 356 g/mol. The number of urea groups is 1. The highest BCUT2D eigenvalue weighted by atomic mass is 16.5. The van der Waals surface area contributed by atoms with Crippen LogP contribution in [0.2, 0.25) is 0 Å². The molecule has 0 aliphatic carbocycles. The molecular formula is C21H28N4O3. The fourth-order valence-electron chi connectivity index (χ4n) is 3.19. The molecule has 0 unspecified atom stereocenters. The van der Waals surface area contributed by atoms with Crippen LogP contribution in [-0.2, 0) is 0 Å². The Labute approximate surface area is 165 Å². The summed E-state index contributed by atoms with van der Waals surface area (Å²) in [6.45, 7) is 7.89. The van der Waals surface area contributed by atoms with Crippen LogP contribution in [0, 0.1) is 5.92 Å². The Hall–Kier alpha value is -2.83. The maximum atomic E-state index is 12.4. The maximum Gasteiger partial charge on any atom is 0.317 e. The number of rotatable bonds is 4. The van der Waals surface area contributed by atoms with E-state index in [0.29, 0.717) is 31.3 Å². The lowest BCUT2D eigenvalue weighted by molar-refractivity contribution is 0.0928. The molecule has 7 nitrogen and oxygen atoms in total. The zero-order chi connectivity index (χ0) is 20.1. The summed E-state index contributed by atoms with van der Waals surface area (Å²) in [6, 6.07) is 11.2. The van der Waals surface area contributed by atoms with Crippen molar-refractivity contribution in [1.82, 2.24) is 20.7 Å². The standard InChI is InChI=1S/C21H28N4O3/c1-21(2,3)23-20(27)25-11-9-15(10-12-25)14-22-19(26)17-13-18(28-24-17)16-7-5-4-6-8-16/h4-8,13,15H,9-12,14H2,1-3H3,(H,22,26)(H,23,27). The number of amides is 3. The van der Waals surface area contributed by atoms with E-state index in [1.807, 2.05) is 56.0 Å². The summed E-state index contributed by atoms with van der Waals surface area (Å²) in [5.41, 5.74) is 0.925. The molecule has 0 atom stereocenters. The molecule has 150 valence electrons. The summed E-state index contributed by atoms with van der Waals surface area (Å²) in [5.74, 6) is 0.686. The molecule has 1 aliphatic heterocycles. The van der Waals surface area contributed by atoms with E-state index in [1.54, 1.807) is 6.07 Å². The van der Waals surface area contributed by atoms with E-state index in [0.717, 1.165) is 18.4 Å². The van der Waals surface area contributed by atoms with Crippen LogP contribution in [0.25, 0.3) is 11.3 Å². The van der Waals surface area contributed by atoms with Gasteiger partial charge in [0.05, 0.1) is 0 Å². The zero-order valence-corrected chi connectivity index (χ0v) is 16.7. The Morgan fingerprint density at radius 1 is 1.18 bits per heavy atom. The predicted octanol–water partition coefficient (Wildman–Crippen LogP) is 3.29. The molecule has 0 saturated carbocycles. The van der Waals surface area contributed by atoms with E-state index >= 15 is 0 Å². The average Bonchev–Trinajstić information content (AvgIpc) is 3.16. The Morgan fingerprint density at radius 3 is 2.50 bits per heavy atom. The second-order valence-electron chi connectivity index (χ2n) is 8.26. The van der Waals surface area contributed by atoms with Crippen molar-refractivity contribution in [2.45, 2.75) is 39.2 Å². The van der Waals surface area contributed by atoms with Crippen molar-refractivity contribution in [3.8, 4) is 11.3 Å². The first-order valence-electron chi connectivity index (χ1n) is 9.69. The second-order valence-corrected chi connectivity index (χ2v) is 8.26. The molecule has 3 amide bonds. The lowest BCUT2D eigenvalue weighted by Gasteiger charge is -2.34. The minimum Gasteiger partial charge on any atom is -0.355 e. The highest BCUT2D eigenvalue weighted by Crippen LogP contribution is 2.20. The number of benzene rings is 1. The maximum absolute atomic E-state index is 12.4. The molecule has 2 N–H and O–H groups in total. The van der Waals surface area contributed by atoms with Crippen molar-refractivity contribution < 1.29 is 14.1 Å². The van der Waals surface area contributed by atoms with Crippen molar-refractivity contribution in [3.05, 3.63) is 42.1 Å². The van der Waals surface area contributed by atoms with Crippen LogP contribution < -0.4 is 10.6 Å². The lowest BCUT2D eigenvalue weighted by atomic mass is 9.97. The van der Waals surface area contributed by atoms with Crippen LogP contribution in [-0.4, -0.2) is 47.2 Å². The third kappa shape index (κ3) is 5.34. The van der Waals surface area contributed by atoms with E-state index in [9.17, 15) is 9.59 Å². The molecule has 28 heavy (non-hydrogen) atoms. The first kappa shape index (κ1) is 19.9. The number of carbonyl (C=O) groups is 2. The number of piperidine rings is 1. The number of nitrogens with one attached hydrogen (secondary N) is 2. The van der Waals surface area contributed by atoms with Crippen molar-refractivity contribution in [3.63, 3.8) is 0 Å². The molecule has 2 heterocycles. The Balaban J connectivity index is 1.45. The highest BCUT2D eigenvalue weighted by molar-refractivity contribution is 5.93. The highest BCUT2D eigenvalue weighted by Gasteiger charge is 2.25. The monoisotopic (exact) mass is 384 g/mol. The fraction of sp³-hybridized carbons (Fsp3) is 0.476. The van der Waals surface area contributed by atoms with Gasteiger partial charge in [-0.05, 0) is 39.5 Å². The molecule has 0 spiro atoms. The quantitative estimate of drug-likeness (QED) is 0.847. The Morgan fingerprint density at radius 2 is 1.86 bits per heavy atom. The molecule has 1 aliphatic rings. The first-order chi connectivity index (χ1) is 13.3. The molecule has 1 aromatic carbocycles. The fourth-order valence-corrected chi connectivity index (χ4v) is 3.19. The van der Waals surface area contributed by atoms with Crippen LogP contribution in [0.15, 0.2) is 40.9 Å². The van der Waals surface area contributed by atoms with Gasteiger partial charge in [0.2, 0.25) is 0 Å². The number of likely N-dealkylation sites (tertiary alicyclic amines) is 1. The third-order valence-corrected chi connectivity index (χ3v) is 4.74. The lowest BCUT2D eigenvalue weighted by Crippen LogP contribution is -2.51. The average molecular weight is 384 g/mol. The number of aromatic nitrogens is 1. The van der Waals surface area contributed by atoms with Gasteiger partial charge in [-0.15, -0.1) is 0 Å². The first-order valence-corrected chi connectivity index (χ1v) is 9.69. The molecule has 0 bridgehead atoms. The summed E-state index contributed by atoms with van der Waals surface area (Å²) in [4.78, 5) is 26.4. The number of hydrogen-bond acceptors (Lipinski definition) is 4. The van der Waals surface area contributed by atoms with Crippen LogP contribution >= 0.6 is 0 Å². The van der Waals surface area contributed by atoms with Gasteiger partial charge in [0.1, 0.15) is 0 Å². The van der Waals surface area contributed by atoms with Gasteiger partial charge in [-0.3, -0.25) is 4.79 Å². The SMILES string of the molecule is CC(C)(C)NC(=O)N1CCC(CNC(=O)c2cc(-c3ccccc3)on2)CC1. The minimum absolute atomic E-state index is 0.0222. The van der Waals surface area contributed by atoms with E-state index in [1.165, 1.54) is 0 Å². The van der Waals surface area contributed by atoms with Gasteiger partial charge in [0.15, 0.2) is 11.5 Å². The molecule has 1 fully saturated rings. The molecule has 7 heteroatoms. The minimum atomic E-state index is -0.238. The summed E-state index contributed by atoms with van der Waals surface area (Å²) < 4.78 is 5.28.